The van der Waals surface area contributed by atoms with Gasteiger partial charge in [-0.05, 0) is 18.1 Å². The van der Waals surface area contributed by atoms with Gasteiger partial charge in [-0.1, -0.05) is 18.2 Å². The monoisotopic (exact) mass is 240 g/mol. The van der Waals surface area contributed by atoms with Crippen LogP contribution in [0.4, 0.5) is 0 Å². The van der Waals surface area contributed by atoms with E-state index in [-0.39, 0.29) is 24.5 Å². The lowest BCUT2D eigenvalue weighted by Gasteiger charge is -2.09. The number of benzene rings is 1. The summed E-state index contributed by atoms with van der Waals surface area (Å²) in [5.74, 6) is -0.789. The Morgan fingerprint density at radius 1 is 1.38 bits per heavy atom. The van der Waals surface area contributed by atoms with Crippen LogP contribution in [0.5, 0.6) is 0 Å². The van der Waals surface area contributed by atoms with E-state index < -0.39 is 5.97 Å². The highest BCUT2D eigenvalue weighted by molar-refractivity contribution is 6.19. The highest BCUT2D eigenvalue weighted by Crippen LogP contribution is 2.17. The zero-order valence-corrected chi connectivity index (χ0v) is 9.75. The normalized spacial score (nSPS) is 10.1. The Kier molecular flexibility index (Phi) is 4.50. The summed E-state index contributed by atoms with van der Waals surface area (Å²) in [7, 11) is 0. The minimum atomic E-state index is -0.936. The molecular formula is C12H13ClO3. The van der Waals surface area contributed by atoms with Crippen LogP contribution in [0.15, 0.2) is 18.2 Å². The van der Waals surface area contributed by atoms with E-state index in [0.717, 1.165) is 5.56 Å². The van der Waals surface area contributed by atoms with Gasteiger partial charge in [0.1, 0.15) is 0 Å². The van der Waals surface area contributed by atoms with Crippen molar-refractivity contribution in [1.82, 2.24) is 0 Å². The van der Waals surface area contributed by atoms with Crippen molar-refractivity contribution >= 4 is 23.4 Å². The van der Waals surface area contributed by atoms with Crippen molar-refractivity contribution in [3.63, 3.8) is 0 Å². The first-order chi connectivity index (χ1) is 7.56. The summed E-state index contributed by atoms with van der Waals surface area (Å²) in [4.78, 5) is 22.4. The molecule has 0 aliphatic carbocycles. The molecule has 0 radical (unpaired) electrons. The van der Waals surface area contributed by atoms with Gasteiger partial charge in [-0.15, -0.1) is 11.6 Å². The first-order valence-electron chi connectivity index (χ1n) is 4.95. The fraction of sp³-hybridized carbons (Fsp3) is 0.333. The smallest absolute Gasteiger partial charge is 0.307 e. The summed E-state index contributed by atoms with van der Waals surface area (Å²) < 4.78 is 0. The Bertz CT molecular complexity index is 413. The second-order valence-electron chi connectivity index (χ2n) is 3.53. The van der Waals surface area contributed by atoms with Gasteiger partial charge in [0.05, 0.1) is 6.42 Å². The Morgan fingerprint density at radius 3 is 2.62 bits per heavy atom. The van der Waals surface area contributed by atoms with Crippen LogP contribution in [0.1, 0.15) is 27.9 Å². The third kappa shape index (κ3) is 3.07. The first kappa shape index (κ1) is 12.7. The van der Waals surface area contributed by atoms with Gasteiger partial charge in [0.15, 0.2) is 5.78 Å². The van der Waals surface area contributed by atoms with Crippen LogP contribution in [-0.2, 0) is 11.2 Å². The molecule has 0 heterocycles. The molecule has 3 nitrogen and oxygen atoms in total. The molecule has 16 heavy (non-hydrogen) atoms. The molecule has 0 aromatic heterocycles. The first-order valence-corrected chi connectivity index (χ1v) is 5.49. The number of ketones is 1. The van der Waals surface area contributed by atoms with Crippen molar-refractivity contribution in [2.24, 2.45) is 0 Å². The van der Waals surface area contributed by atoms with E-state index in [2.05, 4.69) is 0 Å². The number of alkyl halides is 1. The molecular weight excluding hydrogens is 228 g/mol. The van der Waals surface area contributed by atoms with Gasteiger partial charge in [-0.25, -0.2) is 0 Å². The standard InChI is InChI=1S/C12H13ClO3/c1-8-3-2-4-9(11(14)5-6-13)10(8)7-12(15)16/h2-4H,5-7H2,1H3,(H,15,16). The highest BCUT2D eigenvalue weighted by Gasteiger charge is 2.14. The number of hydrogen-bond donors (Lipinski definition) is 1. The predicted molar refractivity (Wildman–Crippen MR) is 62.2 cm³/mol. The number of carbonyl (C=O) groups is 2. The molecule has 1 rings (SSSR count). The minimum absolute atomic E-state index is 0.102. The zero-order valence-electron chi connectivity index (χ0n) is 9.00. The maximum absolute atomic E-state index is 11.7. The number of aliphatic carboxylic acids is 1. The van der Waals surface area contributed by atoms with E-state index >= 15 is 0 Å². The van der Waals surface area contributed by atoms with Gasteiger partial charge in [0.2, 0.25) is 0 Å². The molecule has 0 aliphatic rings. The summed E-state index contributed by atoms with van der Waals surface area (Å²) in [6, 6.07) is 5.21. The molecule has 1 aromatic carbocycles. The average molecular weight is 241 g/mol. The molecule has 1 N–H and O–H groups in total. The molecule has 0 aliphatic heterocycles. The van der Waals surface area contributed by atoms with Gasteiger partial charge in [0, 0.05) is 17.9 Å². The number of carboxylic acid groups (broad SMARTS) is 1. The lowest BCUT2D eigenvalue weighted by molar-refractivity contribution is -0.136. The second kappa shape index (κ2) is 5.66. The van der Waals surface area contributed by atoms with Crippen molar-refractivity contribution < 1.29 is 14.7 Å². The average Bonchev–Trinajstić information content (AvgIpc) is 2.20. The van der Waals surface area contributed by atoms with Crippen LogP contribution in [0.2, 0.25) is 0 Å². The van der Waals surface area contributed by atoms with Crippen LogP contribution >= 0.6 is 11.6 Å². The number of hydrogen-bond acceptors (Lipinski definition) is 2. The third-order valence-electron chi connectivity index (χ3n) is 2.36. The number of carboxylic acids is 1. The number of carbonyl (C=O) groups excluding carboxylic acids is 1. The summed E-state index contributed by atoms with van der Waals surface area (Å²) in [6.45, 7) is 1.80. The van der Waals surface area contributed by atoms with Crippen molar-refractivity contribution in [3.8, 4) is 0 Å². The van der Waals surface area contributed by atoms with E-state index in [9.17, 15) is 9.59 Å². The van der Waals surface area contributed by atoms with Gasteiger partial charge < -0.3 is 5.11 Å². The molecule has 0 saturated heterocycles. The molecule has 4 heteroatoms. The Balaban J connectivity index is 3.11. The molecule has 0 saturated carbocycles. The fourth-order valence-corrected chi connectivity index (χ4v) is 1.74. The lowest BCUT2D eigenvalue weighted by Crippen LogP contribution is -2.10. The Labute approximate surface area is 99.0 Å². The van der Waals surface area contributed by atoms with Gasteiger partial charge in [-0.3, -0.25) is 9.59 Å². The van der Waals surface area contributed by atoms with Crippen LogP contribution in [0.3, 0.4) is 0 Å². The summed E-state index contributed by atoms with van der Waals surface area (Å²) >= 11 is 5.51. The lowest BCUT2D eigenvalue weighted by atomic mass is 9.95. The van der Waals surface area contributed by atoms with Gasteiger partial charge in [0.25, 0.3) is 0 Å². The molecule has 0 spiro atoms. The molecule has 1 aromatic rings. The van der Waals surface area contributed by atoms with Crippen molar-refractivity contribution in [3.05, 3.63) is 34.9 Å². The van der Waals surface area contributed by atoms with E-state index in [4.69, 9.17) is 16.7 Å². The fourth-order valence-electron chi connectivity index (χ4n) is 1.57. The number of rotatable bonds is 5. The van der Waals surface area contributed by atoms with Crippen LogP contribution < -0.4 is 0 Å². The molecule has 0 fully saturated rings. The summed E-state index contributed by atoms with van der Waals surface area (Å²) in [5, 5.41) is 8.79. The van der Waals surface area contributed by atoms with E-state index in [1.54, 1.807) is 25.1 Å². The van der Waals surface area contributed by atoms with Crippen molar-refractivity contribution in [1.29, 1.82) is 0 Å². The quantitative estimate of drug-likeness (QED) is 0.635. The minimum Gasteiger partial charge on any atom is -0.481 e. The molecule has 0 unspecified atom stereocenters. The maximum Gasteiger partial charge on any atom is 0.307 e. The van der Waals surface area contributed by atoms with Crippen LogP contribution in [0, 0.1) is 6.92 Å². The SMILES string of the molecule is Cc1cccc(C(=O)CCCl)c1CC(=O)O. The van der Waals surface area contributed by atoms with Crippen molar-refractivity contribution in [2.45, 2.75) is 19.8 Å². The third-order valence-corrected chi connectivity index (χ3v) is 2.55. The largest absolute Gasteiger partial charge is 0.481 e. The number of Topliss-reactive ketones (excluding diaryl/α,β-unsaturated/α-hetero) is 1. The number of halogens is 1. The van der Waals surface area contributed by atoms with Crippen LogP contribution in [-0.4, -0.2) is 22.7 Å². The zero-order chi connectivity index (χ0) is 12.1. The topological polar surface area (TPSA) is 54.4 Å². The molecule has 0 atom stereocenters. The summed E-state index contributed by atoms with van der Waals surface area (Å²) in [5.41, 5.74) is 1.89. The Hall–Kier alpha value is -1.35. The van der Waals surface area contributed by atoms with Gasteiger partial charge in [-0.2, -0.15) is 0 Å². The van der Waals surface area contributed by atoms with Crippen LogP contribution in [0.25, 0.3) is 0 Å². The van der Waals surface area contributed by atoms with E-state index in [1.165, 1.54) is 0 Å². The Morgan fingerprint density at radius 2 is 2.06 bits per heavy atom. The molecule has 86 valence electrons. The predicted octanol–water partition coefficient (Wildman–Crippen LogP) is 2.43. The van der Waals surface area contributed by atoms with E-state index in [1.807, 2.05) is 0 Å². The number of aryl methyl sites for hydroxylation is 1. The highest BCUT2D eigenvalue weighted by atomic mass is 35.5. The summed E-state index contributed by atoms with van der Waals surface area (Å²) in [6.07, 6.45) is 0.105. The molecule has 0 bridgehead atoms. The second-order valence-corrected chi connectivity index (χ2v) is 3.91. The van der Waals surface area contributed by atoms with E-state index in [0.29, 0.717) is 11.1 Å². The van der Waals surface area contributed by atoms with Crippen molar-refractivity contribution in [2.75, 3.05) is 5.88 Å². The van der Waals surface area contributed by atoms with Gasteiger partial charge >= 0.3 is 5.97 Å². The maximum atomic E-state index is 11.7. The molecule has 0 amide bonds.